The summed E-state index contributed by atoms with van der Waals surface area (Å²) in [6.07, 6.45) is 2.41. The molecule has 2 fully saturated rings. The van der Waals surface area contributed by atoms with Gasteiger partial charge in [0.05, 0.1) is 4.90 Å². The molecule has 0 aliphatic carbocycles. The zero-order valence-corrected chi connectivity index (χ0v) is 16.5. The van der Waals surface area contributed by atoms with Crippen molar-refractivity contribution in [2.24, 2.45) is 5.92 Å². The van der Waals surface area contributed by atoms with Gasteiger partial charge in [0.25, 0.3) is 0 Å². The molecule has 3 rings (SSSR count). The molecule has 0 saturated carbocycles. The van der Waals surface area contributed by atoms with Crippen molar-refractivity contribution in [1.82, 2.24) is 9.21 Å². The van der Waals surface area contributed by atoms with Gasteiger partial charge in [0.1, 0.15) is 0 Å². The SMILES string of the molecule is O=C(CC1CCOCC1)N1CCN(S(=O)(=O)c2ccccc2Br)CC1. The first kappa shape index (κ1) is 18.8. The number of amides is 1. The number of hydrogen-bond acceptors (Lipinski definition) is 4. The van der Waals surface area contributed by atoms with E-state index in [0.29, 0.717) is 43.0 Å². The van der Waals surface area contributed by atoms with Crippen molar-refractivity contribution in [2.75, 3.05) is 39.4 Å². The maximum absolute atomic E-state index is 12.8. The van der Waals surface area contributed by atoms with Crippen molar-refractivity contribution in [2.45, 2.75) is 24.2 Å². The Morgan fingerprint density at radius 2 is 1.76 bits per heavy atom. The largest absolute Gasteiger partial charge is 0.381 e. The van der Waals surface area contributed by atoms with Gasteiger partial charge >= 0.3 is 0 Å². The highest BCUT2D eigenvalue weighted by Crippen LogP contribution is 2.26. The number of halogens is 1. The molecule has 1 aromatic rings. The van der Waals surface area contributed by atoms with Gasteiger partial charge in [0.15, 0.2) is 0 Å². The van der Waals surface area contributed by atoms with Crippen molar-refractivity contribution in [3.8, 4) is 0 Å². The summed E-state index contributed by atoms with van der Waals surface area (Å²) in [5, 5.41) is 0. The molecule has 0 bridgehead atoms. The molecule has 6 nitrogen and oxygen atoms in total. The van der Waals surface area contributed by atoms with Crippen LogP contribution in [-0.4, -0.2) is 62.9 Å². The van der Waals surface area contributed by atoms with E-state index in [-0.39, 0.29) is 10.8 Å². The molecular weight excluding hydrogens is 408 g/mol. The summed E-state index contributed by atoms with van der Waals surface area (Å²) in [4.78, 5) is 14.5. The van der Waals surface area contributed by atoms with E-state index in [2.05, 4.69) is 15.9 Å². The minimum absolute atomic E-state index is 0.129. The topological polar surface area (TPSA) is 66.9 Å². The number of ether oxygens (including phenoxy) is 1. The summed E-state index contributed by atoms with van der Waals surface area (Å²) in [6, 6.07) is 6.82. The number of benzene rings is 1. The average Bonchev–Trinajstić information content (AvgIpc) is 2.63. The number of carbonyl (C=O) groups excluding carboxylic acids is 1. The van der Waals surface area contributed by atoms with Crippen molar-refractivity contribution in [1.29, 1.82) is 0 Å². The predicted molar refractivity (Wildman–Crippen MR) is 97.6 cm³/mol. The van der Waals surface area contributed by atoms with E-state index in [9.17, 15) is 13.2 Å². The predicted octanol–water partition coefficient (Wildman–Crippen LogP) is 2.10. The maximum Gasteiger partial charge on any atom is 0.244 e. The van der Waals surface area contributed by atoms with Gasteiger partial charge in [-0.15, -0.1) is 0 Å². The van der Waals surface area contributed by atoms with Crippen LogP contribution in [-0.2, 0) is 19.6 Å². The molecule has 138 valence electrons. The van der Waals surface area contributed by atoms with Crippen LogP contribution >= 0.6 is 15.9 Å². The third-order valence-electron chi connectivity index (χ3n) is 4.85. The maximum atomic E-state index is 12.8. The van der Waals surface area contributed by atoms with Crippen molar-refractivity contribution in [3.63, 3.8) is 0 Å². The number of hydrogen-bond donors (Lipinski definition) is 0. The number of rotatable bonds is 4. The Labute approximate surface area is 157 Å². The van der Waals surface area contributed by atoms with Gasteiger partial charge in [0.2, 0.25) is 15.9 Å². The number of nitrogens with zero attached hydrogens (tertiary/aromatic N) is 2. The van der Waals surface area contributed by atoms with E-state index in [1.807, 2.05) is 0 Å². The van der Waals surface area contributed by atoms with Gasteiger partial charge in [-0.25, -0.2) is 8.42 Å². The first-order valence-corrected chi connectivity index (χ1v) is 10.8. The van der Waals surface area contributed by atoms with Gasteiger partial charge in [-0.1, -0.05) is 12.1 Å². The molecular formula is C17H23BrN2O4S. The monoisotopic (exact) mass is 430 g/mol. The first-order valence-electron chi connectivity index (χ1n) is 8.58. The van der Waals surface area contributed by atoms with E-state index >= 15 is 0 Å². The molecule has 0 N–H and O–H groups in total. The number of carbonyl (C=O) groups is 1. The fraction of sp³-hybridized carbons (Fsp3) is 0.588. The van der Waals surface area contributed by atoms with Gasteiger partial charge < -0.3 is 9.64 Å². The summed E-state index contributed by atoms with van der Waals surface area (Å²) >= 11 is 3.31. The van der Waals surface area contributed by atoms with Crippen LogP contribution in [0, 0.1) is 5.92 Å². The highest BCUT2D eigenvalue weighted by atomic mass is 79.9. The van der Waals surface area contributed by atoms with Crippen LogP contribution in [0.4, 0.5) is 0 Å². The standard InChI is InChI=1S/C17H23BrN2O4S/c18-15-3-1-2-4-16(15)25(22,23)20-9-7-19(8-10-20)17(21)13-14-5-11-24-12-6-14/h1-4,14H,5-13H2. The van der Waals surface area contributed by atoms with E-state index in [1.165, 1.54) is 4.31 Å². The highest BCUT2D eigenvalue weighted by molar-refractivity contribution is 9.10. The molecule has 25 heavy (non-hydrogen) atoms. The molecule has 0 spiro atoms. The lowest BCUT2D eigenvalue weighted by molar-refractivity contribution is -0.134. The summed E-state index contributed by atoms with van der Waals surface area (Å²) < 4.78 is 32.9. The van der Waals surface area contributed by atoms with E-state index in [0.717, 1.165) is 26.1 Å². The van der Waals surface area contributed by atoms with E-state index in [1.54, 1.807) is 29.2 Å². The zero-order valence-electron chi connectivity index (χ0n) is 14.1. The molecule has 2 aliphatic heterocycles. The average molecular weight is 431 g/mol. The van der Waals surface area contributed by atoms with Crippen LogP contribution in [0.2, 0.25) is 0 Å². The first-order chi connectivity index (χ1) is 12.0. The number of sulfonamides is 1. The summed E-state index contributed by atoms with van der Waals surface area (Å²) in [5.41, 5.74) is 0. The van der Waals surface area contributed by atoms with Gasteiger partial charge in [-0.3, -0.25) is 4.79 Å². The molecule has 1 aromatic carbocycles. The Morgan fingerprint density at radius 1 is 1.12 bits per heavy atom. The lowest BCUT2D eigenvalue weighted by atomic mass is 9.96. The number of piperazine rings is 1. The van der Waals surface area contributed by atoms with Crippen LogP contribution < -0.4 is 0 Å². The Balaban J connectivity index is 1.58. The lowest BCUT2D eigenvalue weighted by Crippen LogP contribution is -2.50. The Hall–Kier alpha value is -0.960. The smallest absolute Gasteiger partial charge is 0.244 e. The summed E-state index contributed by atoms with van der Waals surface area (Å²) in [5.74, 6) is 0.521. The Bertz CT molecular complexity index is 711. The highest BCUT2D eigenvalue weighted by Gasteiger charge is 2.31. The molecule has 2 saturated heterocycles. The van der Waals surface area contributed by atoms with Crippen LogP contribution in [0.3, 0.4) is 0 Å². The Morgan fingerprint density at radius 3 is 2.40 bits per heavy atom. The van der Waals surface area contributed by atoms with Crippen LogP contribution in [0.25, 0.3) is 0 Å². The molecule has 0 aromatic heterocycles. The van der Waals surface area contributed by atoms with Crippen molar-refractivity contribution < 1.29 is 17.9 Å². The molecule has 1 amide bonds. The third kappa shape index (κ3) is 4.42. The van der Waals surface area contributed by atoms with Crippen LogP contribution in [0.5, 0.6) is 0 Å². The van der Waals surface area contributed by atoms with Gasteiger partial charge in [-0.05, 0) is 46.8 Å². The zero-order chi connectivity index (χ0) is 17.9. The second kappa shape index (κ2) is 8.16. The minimum Gasteiger partial charge on any atom is -0.381 e. The van der Waals surface area contributed by atoms with Crippen LogP contribution in [0.1, 0.15) is 19.3 Å². The Kier molecular flexibility index (Phi) is 6.14. The third-order valence-corrected chi connectivity index (χ3v) is 7.76. The summed E-state index contributed by atoms with van der Waals surface area (Å²) in [6.45, 7) is 3.04. The normalized spacial score (nSPS) is 20.6. The molecule has 0 atom stereocenters. The molecule has 2 heterocycles. The fourth-order valence-electron chi connectivity index (χ4n) is 3.30. The van der Waals surface area contributed by atoms with E-state index < -0.39 is 10.0 Å². The second-order valence-corrected chi connectivity index (χ2v) is 9.24. The summed E-state index contributed by atoms with van der Waals surface area (Å²) in [7, 11) is -3.54. The van der Waals surface area contributed by atoms with E-state index in [4.69, 9.17) is 4.74 Å². The molecule has 0 unspecified atom stereocenters. The van der Waals surface area contributed by atoms with Crippen molar-refractivity contribution in [3.05, 3.63) is 28.7 Å². The van der Waals surface area contributed by atoms with Crippen molar-refractivity contribution >= 4 is 31.9 Å². The minimum atomic E-state index is -3.54. The fourth-order valence-corrected chi connectivity index (χ4v) is 5.68. The lowest BCUT2D eigenvalue weighted by Gasteiger charge is -2.35. The van der Waals surface area contributed by atoms with Crippen LogP contribution in [0.15, 0.2) is 33.6 Å². The van der Waals surface area contributed by atoms with Gasteiger partial charge in [0, 0.05) is 50.3 Å². The quantitative estimate of drug-likeness (QED) is 0.733. The molecule has 0 radical (unpaired) electrons. The second-order valence-electron chi connectivity index (χ2n) is 6.48. The molecule has 2 aliphatic rings. The van der Waals surface area contributed by atoms with Gasteiger partial charge in [-0.2, -0.15) is 4.31 Å². The molecule has 8 heteroatoms.